The lowest BCUT2D eigenvalue weighted by Crippen LogP contribution is -2.34. The van der Waals surface area contributed by atoms with Gasteiger partial charge in [0, 0.05) is 6.54 Å². The summed E-state index contributed by atoms with van der Waals surface area (Å²) in [4.78, 5) is 14.4. The van der Waals surface area contributed by atoms with E-state index in [4.69, 9.17) is 9.15 Å². The number of methoxy groups -OCH3 is 1. The molecule has 1 fully saturated rings. The number of nitrogens with one attached hydrogen (secondary N) is 1. The first-order valence-corrected chi connectivity index (χ1v) is 7.44. The van der Waals surface area contributed by atoms with E-state index in [2.05, 4.69) is 5.32 Å². The van der Waals surface area contributed by atoms with Crippen molar-refractivity contribution in [1.29, 1.82) is 0 Å². The summed E-state index contributed by atoms with van der Waals surface area (Å²) in [5.41, 5.74) is 1.76. The summed E-state index contributed by atoms with van der Waals surface area (Å²) in [5, 5.41) is 2.96. The molecule has 1 atom stereocenters. The summed E-state index contributed by atoms with van der Waals surface area (Å²) < 4.78 is 10.8. The minimum Gasteiger partial charge on any atom is -0.495 e. The minimum absolute atomic E-state index is 0.00537. The Labute approximate surface area is 129 Å². The molecule has 1 aromatic heterocycles. The number of ether oxygens (including phenoxy) is 1. The molecule has 22 heavy (non-hydrogen) atoms. The van der Waals surface area contributed by atoms with E-state index in [0.717, 1.165) is 30.7 Å². The van der Waals surface area contributed by atoms with Crippen molar-refractivity contribution in [1.82, 2.24) is 4.90 Å². The van der Waals surface area contributed by atoms with Crippen LogP contribution in [0.3, 0.4) is 0 Å². The molecule has 3 rings (SSSR count). The quantitative estimate of drug-likeness (QED) is 0.933. The molecule has 1 aromatic carbocycles. The molecule has 5 nitrogen and oxygen atoms in total. The standard InChI is InChI=1S/C17H20N2O3/c1-12-7-8-15(21-2)13(11-12)18-17(20)19-9-3-5-14(19)16-6-4-10-22-16/h4,6-8,10-11,14H,3,5,9H2,1-2H3,(H,18,20). The maximum absolute atomic E-state index is 12.6. The second-order valence-electron chi connectivity index (χ2n) is 5.50. The number of carbonyl (C=O) groups is 1. The number of nitrogens with zero attached hydrogens (tertiary/aromatic N) is 1. The number of anilines is 1. The zero-order valence-corrected chi connectivity index (χ0v) is 12.8. The first kappa shape index (κ1) is 14.5. The molecule has 2 heterocycles. The van der Waals surface area contributed by atoms with Crippen LogP contribution in [0.15, 0.2) is 41.0 Å². The van der Waals surface area contributed by atoms with Gasteiger partial charge in [0.25, 0.3) is 0 Å². The Morgan fingerprint density at radius 3 is 3.00 bits per heavy atom. The number of benzene rings is 1. The fraction of sp³-hybridized carbons (Fsp3) is 0.353. The van der Waals surface area contributed by atoms with Crippen molar-refractivity contribution in [2.75, 3.05) is 19.0 Å². The average molecular weight is 300 g/mol. The SMILES string of the molecule is COc1ccc(C)cc1NC(=O)N1CCCC1c1ccco1. The lowest BCUT2D eigenvalue weighted by Gasteiger charge is -2.24. The van der Waals surface area contributed by atoms with Gasteiger partial charge in [0.05, 0.1) is 25.1 Å². The van der Waals surface area contributed by atoms with Gasteiger partial charge < -0.3 is 19.4 Å². The van der Waals surface area contributed by atoms with E-state index in [1.807, 2.05) is 42.2 Å². The number of urea groups is 1. The number of carbonyl (C=O) groups excluding carboxylic acids is 1. The lowest BCUT2D eigenvalue weighted by atomic mass is 10.2. The number of furan rings is 1. The number of hydrogen-bond acceptors (Lipinski definition) is 3. The fourth-order valence-corrected chi connectivity index (χ4v) is 2.89. The van der Waals surface area contributed by atoms with Crippen LogP contribution in [0.1, 0.15) is 30.2 Å². The molecule has 2 amide bonds. The number of aryl methyl sites for hydroxylation is 1. The molecule has 1 saturated heterocycles. The van der Waals surface area contributed by atoms with Crippen LogP contribution in [0.25, 0.3) is 0 Å². The van der Waals surface area contributed by atoms with Gasteiger partial charge in [0.2, 0.25) is 0 Å². The molecule has 0 bridgehead atoms. The lowest BCUT2D eigenvalue weighted by molar-refractivity contribution is 0.199. The minimum atomic E-state index is -0.122. The Balaban J connectivity index is 1.78. The van der Waals surface area contributed by atoms with Crippen molar-refractivity contribution in [3.8, 4) is 5.75 Å². The number of rotatable bonds is 3. The van der Waals surface area contributed by atoms with Crippen LogP contribution < -0.4 is 10.1 Å². The van der Waals surface area contributed by atoms with E-state index in [0.29, 0.717) is 11.4 Å². The van der Waals surface area contributed by atoms with E-state index in [1.165, 1.54) is 0 Å². The average Bonchev–Trinajstić information content (AvgIpc) is 3.18. The first-order chi connectivity index (χ1) is 10.7. The third-order valence-corrected chi connectivity index (χ3v) is 3.98. The highest BCUT2D eigenvalue weighted by Crippen LogP contribution is 2.33. The zero-order chi connectivity index (χ0) is 15.5. The summed E-state index contributed by atoms with van der Waals surface area (Å²) in [7, 11) is 1.60. The Hall–Kier alpha value is -2.43. The van der Waals surface area contributed by atoms with Crippen molar-refractivity contribution >= 4 is 11.7 Å². The summed E-state index contributed by atoms with van der Waals surface area (Å²) in [6, 6.07) is 9.38. The van der Waals surface area contributed by atoms with Crippen LogP contribution in [-0.2, 0) is 0 Å². The van der Waals surface area contributed by atoms with E-state index in [1.54, 1.807) is 13.4 Å². The van der Waals surface area contributed by atoms with Gasteiger partial charge in [-0.3, -0.25) is 0 Å². The second-order valence-corrected chi connectivity index (χ2v) is 5.50. The highest BCUT2D eigenvalue weighted by atomic mass is 16.5. The number of amides is 2. The summed E-state index contributed by atoms with van der Waals surface area (Å²) in [5.74, 6) is 1.50. The Kier molecular flexibility index (Phi) is 4.04. The van der Waals surface area contributed by atoms with Gasteiger partial charge in [0.15, 0.2) is 0 Å². The van der Waals surface area contributed by atoms with Crippen molar-refractivity contribution in [3.63, 3.8) is 0 Å². The van der Waals surface area contributed by atoms with Gasteiger partial charge in [-0.05, 0) is 49.6 Å². The fourth-order valence-electron chi connectivity index (χ4n) is 2.89. The summed E-state index contributed by atoms with van der Waals surface area (Å²) in [6.07, 6.45) is 3.54. The maximum Gasteiger partial charge on any atom is 0.322 e. The molecule has 1 N–H and O–H groups in total. The molecule has 1 aliphatic heterocycles. The molecule has 2 aromatic rings. The molecule has 0 spiro atoms. The van der Waals surface area contributed by atoms with Gasteiger partial charge >= 0.3 is 6.03 Å². The van der Waals surface area contributed by atoms with Gasteiger partial charge in [-0.25, -0.2) is 4.79 Å². The van der Waals surface area contributed by atoms with Crippen LogP contribution in [0.2, 0.25) is 0 Å². The highest BCUT2D eigenvalue weighted by Gasteiger charge is 2.32. The molecule has 116 valence electrons. The summed E-state index contributed by atoms with van der Waals surface area (Å²) in [6.45, 7) is 2.71. The molecular formula is C17H20N2O3. The Bertz CT molecular complexity index is 652. The largest absolute Gasteiger partial charge is 0.495 e. The van der Waals surface area contributed by atoms with Crippen LogP contribution in [-0.4, -0.2) is 24.6 Å². The molecule has 0 aliphatic carbocycles. The van der Waals surface area contributed by atoms with E-state index >= 15 is 0 Å². The molecule has 1 unspecified atom stereocenters. The monoisotopic (exact) mass is 300 g/mol. The predicted molar refractivity (Wildman–Crippen MR) is 84.1 cm³/mol. The summed E-state index contributed by atoms with van der Waals surface area (Å²) >= 11 is 0. The third kappa shape index (κ3) is 2.79. The topological polar surface area (TPSA) is 54.7 Å². The normalized spacial score (nSPS) is 17.5. The van der Waals surface area contributed by atoms with Crippen LogP contribution >= 0.6 is 0 Å². The van der Waals surface area contributed by atoms with Crippen LogP contribution in [0, 0.1) is 6.92 Å². The van der Waals surface area contributed by atoms with Gasteiger partial charge in [-0.1, -0.05) is 6.07 Å². The number of hydrogen-bond donors (Lipinski definition) is 1. The second kappa shape index (κ2) is 6.13. The van der Waals surface area contributed by atoms with Crippen molar-refractivity contribution in [2.45, 2.75) is 25.8 Å². The maximum atomic E-state index is 12.6. The van der Waals surface area contributed by atoms with Crippen LogP contribution in [0.5, 0.6) is 5.75 Å². The van der Waals surface area contributed by atoms with Gasteiger partial charge in [0.1, 0.15) is 11.5 Å². The van der Waals surface area contributed by atoms with Crippen molar-refractivity contribution in [2.24, 2.45) is 0 Å². The smallest absolute Gasteiger partial charge is 0.322 e. The van der Waals surface area contributed by atoms with Crippen LogP contribution in [0.4, 0.5) is 10.5 Å². The first-order valence-electron chi connectivity index (χ1n) is 7.44. The van der Waals surface area contributed by atoms with E-state index < -0.39 is 0 Å². The third-order valence-electron chi connectivity index (χ3n) is 3.98. The molecule has 5 heteroatoms. The van der Waals surface area contributed by atoms with E-state index in [-0.39, 0.29) is 12.1 Å². The van der Waals surface area contributed by atoms with Gasteiger partial charge in [-0.15, -0.1) is 0 Å². The van der Waals surface area contributed by atoms with Crippen molar-refractivity contribution in [3.05, 3.63) is 47.9 Å². The van der Waals surface area contributed by atoms with E-state index in [9.17, 15) is 4.79 Å². The molecule has 0 saturated carbocycles. The van der Waals surface area contributed by atoms with Gasteiger partial charge in [-0.2, -0.15) is 0 Å². The predicted octanol–water partition coefficient (Wildman–Crippen LogP) is 3.97. The highest BCUT2D eigenvalue weighted by molar-refractivity contribution is 5.91. The Morgan fingerprint density at radius 2 is 2.27 bits per heavy atom. The Morgan fingerprint density at radius 1 is 1.41 bits per heavy atom. The van der Waals surface area contributed by atoms with Crippen molar-refractivity contribution < 1.29 is 13.9 Å². The molecule has 1 aliphatic rings. The molecule has 0 radical (unpaired) electrons. The number of likely N-dealkylation sites (tertiary alicyclic amines) is 1. The zero-order valence-electron chi connectivity index (χ0n) is 12.8. The molecular weight excluding hydrogens is 280 g/mol.